The molecule has 0 saturated carbocycles. The fraction of sp³-hybridized carbons (Fsp3) is 0.455. The lowest BCUT2D eigenvalue weighted by molar-refractivity contribution is 0.387. The van der Waals surface area contributed by atoms with E-state index in [-0.39, 0.29) is 11.6 Å². The van der Waals surface area contributed by atoms with Gasteiger partial charge in [0.2, 0.25) is 0 Å². The fourth-order valence-electron chi connectivity index (χ4n) is 1.96. The summed E-state index contributed by atoms with van der Waals surface area (Å²) in [6.07, 6.45) is 2.59. The van der Waals surface area contributed by atoms with Crippen LogP contribution in [0.1, 0.15) is 30.9 Å². The molecule has 0 radical (unpaired) electrons. The summed E-state index contributed by atoms with van der Waals surface area (Å²) in [7, 11) is 0. The van der Waals surface area contributed by atoms with E-state index in [0.29, 0.717) is 6.42 Å². The molecule has 1 N–H and O–H groups in total. The molecular formula is C11H11ClF3N. The molecule has 88 valence electrons. The summed E-state index contributed by atoms with van der Waals surface area (Å²) in [5.74, 6) is -3.27. The van der Waals surface area contributed by atoms with Gasteiger partial charge >= 0.3 is 0 Å². The molecule has 1 aliphatic heterocycles. The van der Waals surface area contributed by atoms with Gasteiger partial charge in [-0.3, -0.25) is 0 Å². The first-order valence-electron chi connectivity index (χ1n) is 5.17. The van der Waals surface area contributed by atoms with Crippen LogP contribution in [0, 0.1) is 17.5 Å². The molecule has 1 saturated heterocycles. The highest BCUT2D eigenvalue weighted by atomic mass is 35.5. The maximum absolute atomic E-state index is 13.6. The van der Waals surface area contributed by atoms with Gasteiger partial charge in [-0.25, -0.2) is 13.2 Å². The minimum Gasteiger partial charge on any atom is -0.310 e. The van der Waals surface area contributed by atoms with E-state index in [2.05, 4.69) is 5.32 Å². The normalized spacial score (nSPS) is 21.1. The third-order valence-corrected chi connectivity index (χ3v) is 3.16. The van der Waals surface area contributed by atoms with Crippen LogP contribution < -0.4 is 5.32 Å². The predicted molar refractivity (Wildman–Crippen MR) is 55.9 cm³/mol. The molecule has 1 fully saturated rings. The van der Waals surface area contributed by atoms with E-state index in [4.69, 9.17) is 11.6 Å². The van der Waals surface area contributed by atoms with Crippen LogP contribution in [-0.2, 0) is 0 Å². The number of halogens is 4. The Hall–Kier alpha value is -0.740. The SMILES string of the molecule is Fc1cc(C2CCCCN2)c(F)c(F)c1Cl. The Morgan fingerprint density at radius 3 is 2.56 bits per heavy atom. The first-order chi connectivity index (χ1) is 7.61. The van der Waals surface area contributed by atoms with Crippen LogP contribution in [0.5, 0.6) is 0 Å². The maximum atomic E-state index is 13.6. The van der Waals surface area contributed by atoms with E-state index in [0.717, 1.165) is 25.5 Å². The van der Waals surface area contributed by atoms with Crippen LogP contribution in [0.4, 0.5) is 13.2 Å². The number of benzene rings is 1. The summed E-state index contributed by atoms with van der Waals surface area (Å²) in [6.45, 7) is 0.732. The number of hydrogen-bond acceptors (Lipinski definition) is 1. The molecule has 1 aliphatic rings. The van der Waals surface area contributed by atoms with Crippen LogP contribution in [-0.4, -0.2) is 6.54 Å². The maximum Gasteiger partial charge on any atom is 0.180 e. The summed E-state index contributed by atoms with van der Waals surface area (Å²) < 4.78 is 40.0. The highest BCUT2D eigenvalue weighted by molar-refractivity contribution is 6.30. The lowest BCUT2D eigenvalue weighted by atomic mass is 9.97. The van der Waals surface area contributed by atoms with E-state index in [9.17, 15) is 13.2 Å². The van der Waals surface area contributed by atoms with Crippen LogP contribution in [0.3, 0.4) is 0 Å². The Morgan fingerprint density at radius 1 is 1.19 bits per heavy atom. The molecule has 1 aromatic rings. The molecule has 1 nitrogen and oxygen atoms in total. The molecule has 1 aromatic carbocycles. The van der Waals surface area contributed by atoms with Crippen molar-refractivity contribution in [2.75, 3.05) is 6.54 Å². The Morgan fingerprint density at radius 2 is 1.94 bits per heavy atom. The average Bonchev–Trinajstić information content (AvgIpc) is 2.32. The van der Waals surface area contributed by atoms with Gasteiger partial charge in [0.1, 0.15) is 10.8 Å². The van der Waals surface area contributed by atoms with E-state index < -0.39 is 22.5 Å². The molecule has 2 rings (SSSR count). The highest BCUT2D eigenvalue weighted by Gasteiger charge is 2.24. The molecule has 5 heteroatoms. The zero-order valence-electron chi connectivity index (χ0n) is 8.49. The van der Waals surface area contributed by atoms with E-state index in [1.807, 2.05) is 0 Å². The van der Waals surface area contributed by atoms with Gasteiger partial charge in [0.25, 0.3) is 0 Å². The first-order valence-corrected chi connectivity index (χ1v) is 5.55. The molecule has 0 aliphatic carbocycles. The monoisotopic (exact) mass is 249 g/mol. The molecule has 16 heavy (non-hydrogen) atoms. The van der Waals surface area contributed by atoms with Crippen LogP contribution in [0.2, 0.25) is 5.02 Å². The van der Waals surface area contributed by atoms with Gasteiger partial charge < -0.3 is 5.32 Å². The number of piperidine rings is 1. The predicted octanol–water partition coefficient (Wildman–Crippen LogP) is 3.57. The molecular weight excluding hydrogens is 239 g/mol. The topological polar surface area (TPSA) is 12.0 Å². The highest BCUT2D eigenvalue weighted by Crippen LogP contribution is 2.31. The van der Waals surface area contributed by atoms with Crippen molar-refractivity contribution < 1.29 is 13.2 Å². The quantitative estimate of drug-likeness (QED) is 0.593. The standard InChI is InChI=1S/C11H11ClF3N/c12-9-7(13)5-6(10(14)11(9)15)8-3-1-2-4-16-8/h5,8,16H,1-4H2. The molecule has 0 amide bonds. The first kappa shape index (κ1) is 11.7. The Balaban J connectivity index is 2.40. The molecule has 0 bridgehead atoms. The lowest BCUT2D eigenvalue weighted by Crippen LogP contribution is -2.28. The zero-order valence-corrected chi connectivity index (χ0v) is 9.25. The van der Waals surface area contributed by atoms with Gasteiger partial charge in [-0.1, -0.05) is 18.0 Å². The minimum absolute atomic E-state index is 0.0269. The van der Waals surface area contributed by atoms with Crippen molar-refractivity contribution in [3.8, 4) is 0 Å². The second kappa shape index (κ2) is 4.63. The minimum atomic E-state index is -1.30. The smallest absolute Gasteiger partial charge is 0.180 e. The van der Waals surface area contributed by atoms with Crippen LogP contribution >= 0.6 is 11.6 Å². The summed E-state index contributed by atoms with van der Waals surface area (Å²) in [5, 5.41) is 2.25. The second-order valence-electron chi connectivity index (χ2n) is 3.89. The van der Waals surface area contributed by atoms with Gasteiger partial charge in [-0.2, -0.15) is 0 Å². The Bertz CT molecular complexity index is 403. The van der Waals surface area contributed by atoms with Gasteiger partial charge in [-0.15, -0.1) is 0 Å². The molecule has 1 atom stereocenters. The molecule has 0 spiro atoms. The fourth-order valence-corrected chi connectivity index (χ4v) is 2.10. The average molecular weight is 250 g/mol. The van der Waals surface area contributed by atoms with E-state index in [1.54, 1.807) is 0 Å². The number of nitrogens with one attached hydrogen (secondary N) is 1. The van der Waals surface area contributed by atoms with Crippen LogP contribution in [0.25, 0.3) is 0 Å². The summed E-state index contributed by atoms with van der Waals surface area (Å²) in [4.78, 5) is 0. The number of hydrogen-bond donors (Lipinski definition) is 1. The van der Waals surface area contributed by atoms with Gasteiger partial charge in [0, 0.05) is 11.6 Å². The van der Waals surface area contributed by atoms with Crippen molar-refractivity contribution >= 4 is 11.6 Å². The van der Waals surface area contributed by atoms with Crippen molar-refractivity contribution in [3.05, 3.63) is 34.1 Å². The third kappa shape index (κ3) is 2.04. The second-order valence-corrected chi connectivity index (χ2v) is 4.27. The zero-order chi connectivity index (χ0) is 11.7. The van der Waals surface area contributed by atoms with Crippen molar-refractivity contribution in [1.29, 1.82) is 0 Å². The van der Waals surface area contributed by atoms with Gasteiger partial charge in [-0.05, 0) is 25.5 Å². The summed E-state index contributed by atoms with van der Waals surface area (Å²) in [5.41, 5.74) is 0.0269. The Kier molecular flexibility index (Phi) is 3.40. The summed E-state index contributed by atoms with van der Waals surface area (Å²) >= 11 is 5.28. The van der Waals surface area contributed by atoms with Crippen molar-refractivity contribution in [2.45, 2.75) is 25.3 Å². The van der Waals surface area contributed by atoms with Crippen molar-refractivity contribution in [1.82, 2.24) is 5.32 Å². The molecule has 1 unspecified atom stereocenters. The van der Waals surface area contributed by atoms with Gasteiger partial charge in [0.15, 0.2) is 11.6 Å². The Labute approximate surface area is 96.6 Å². The molecule has 0 aromatic heterocycles. The van der Waals surface area contributed by atoms with Crippen molar-refractivity contribution in [2.24, 2.45) is 0 Å². The number of rotatable bonds is 1. The third-order valence-electron chi connectivity index (χ3n) is 2.82. The molecule has 1 heterocycles. The lowest BCUT2D eigenvalue weighted by Gasteiger charge is -2.24. The van der Waals surface area contributed by atoms with E-state index in [1.165, 1.54) is 0 Å². The largest absolute Gasteiger partial charge is 0.310 e. The van der Waals surface area contributed by atoms with Gasteiger partial charge in [0.05, 0.1) is 0 Å². The van der Waals surface area contributed by atoms with Crippen LogP contribution in [0.15, 0.2) is 6.07 Å². The van der Waals surface area contributed by atoms with Crippen molar-refractivity contribution in [3.63, 3.8) is 0 Å². The van der Waals surface area contributed by atoms with E-state index >= 15 is 0 Å². The summed E-state index contributed by atoms with van der Waals surface area (Å²) in [6, 6.07) is 0.652.